The summed E-state index contributed by atoms with van der Waals surface area (Å²) < 4.78 is 11.3. The van der Waals surface area contributed by atoms with Gasteiger partial charge in [-0.05, 0) is 6.92 Å². The molecular weight excluding hydrogens is 576 g/mol. The average Bonchev–Trinajstić information content (AvgIpc) is 3.49. The van der Waals surface area contributed by atoms with Crippen molar-refractivity contribution in [3.63, 3.8) is 0 Å². The van der Waals surface area contributed by atoms with Crippen LogP contribution in [0, 0.1) is 0 Å². The van der Waals surface area contributed by atoms with E-state index in [1.165, 1.54) is 45.6 Å². The number of ether oxygens (including phenoxy) is 2. The van der Waals surface area contributed by atoms with Crippen LogP contribution in [0.2, 0.25) is 0 Å². The summed E-state index contributed by atoms with van der Waals surface area (Å²) in [5, 5.41) is 21.1. The van der Waals surface area contributed by atoms with Gasteiger partial charge in [-0.1, -0.05) is 16.9 Å². The second kappa shape index (κ2) is 11.9. The van der Waals surface area contributed by atoms with Crippen molar-refractivity contribution in [1.82, 2.24) is 30.0 Å². The summed E-state index contributed by atoms with van der Waals surface area (Å²) in [5.41, 5.74) is 6.16. The number of nitrogen functional groups attached to an aromatic ring is 1. The van der Waals surface area contributed by atoms with E-state index in [1.807, 2.05) is 0 Å². The first-order valence-corrected chi connectivity index (χ1v) is 14.0. The molecule has 4 rings (SSSR count). The molecule has 0 unspecified atom stereocenters. The van der Waals surface area contributed by atoms with Crippen molar-refractivity contribution in [2.75, 3.05) is 31.0 Å². The average molecular weight is 599 g/mol. The van der Waals surface area contributed by atoms with E-state index in [0.717, 1.165) is 11.3 Å². The lowest BCUT2D eigenvalue weighted by molar-refractivity contribution is -0.148. The first-order valence-electron chi connectivity index (χ1n) is 11.1. The molecule has 39 heavy (non-hydrogen) atoms. The number of nitrogens with zero attached hydrogens (tertiary/aromatic N) is 6. The molecule has 2 aromatic rings. The molecule has 0 aliphatic carbocycles. The number of nitrogens with two attached hydrogens (primary N) is 1. The Hall–Kier alpha value is -3.84. The molecule has 16 nitrogen and oxygen atoms in total. The van der Waals surface area contributed by atoms with Crippen molar-refractivity contribution in [2.24, 2.45) is 12.2 Å². The molecule has 0 spiro atoms. The summed E-state index contributed by atoms with van der Waals surface area (Å²) in [6.07, 6.45) is -1.60. The smallest absolute Gasteiger partial charge is 0.460 e. The molecule has 2 amide bonds. The van der Waals surface area contributed by atoms with E-state index < -0.39 is 35.4 Å². The number of β-lactam (4-membered cyclic amide) rings is 1. The first-order chi connectivity index (χ1) is 18.6. The van der Waals surface area contributed by atoms with E-state index in [-0.39, 0.29) is 40.6 Å². The van der Waals surface area contributed by atoms with E-state index in [1.54, 1.807) is 14.0 Å². The van der Waals surface area contributed by atoms with Gasteiger partial charge in [-0.3, -0.25) is 14.5 Å². The van der Waals surface area contributed by atoms with Crippen LogP contribution < -0.4 is 11.1 Å². The second-order valence-corrected chi connectivity index (χ2v) is 10.6. The Balaban J connectivity index is 1.49. The molecule has 2 aromatic heterocycles. The molecule has 0 radical (unpaired) electrons. The summed E-state index contributed by atoms with van der Waals surface area (Å²) >= 11 is 3.59. The van der Waals surface area contributed by atoms with Crippen LogP contribution in [0.15, 0.2) is 27.1 Å². The standard InChI is InChI=1S/C20H22N8O8S3/c1-4-35-17(31)12-24-19(27(2)25-12)39-6-8-5-37-16-11(14(30)28(16)15(8)36-20(32)33)23-13(29)10(26-34-3)9-7-38-18(21)22-9/h7,11,16H,4-6H2,1-3H3,(H2,21,22)(H,23,29)(H,32,33)/b26-10-/t11-,16-/m1/s1. The third-order valence-corrected chi connectivity index (χ3v) is 8.30. The lowest BCUT2D eigenvalue weighted by Gasteiger charge is -2.49. The second-order valence-electron chi connectivity index (χ2n) is 7.68. The van der Waals surface area contributed by atoms with E-state index >= 15 is 0 Å². The summed E-state index contributed by atoms with van der Waals surface area (Å²) in [5.74, 6) is -1.72. The number of hydrogen-bond donors (Lipinski definition) is 3. The van der Waals surface area contributed by atoms with Gasteiger partial charge in [-0.25, -0.2) is 19.3 Å². The van der Waals surface area contributed by atoms with Gasteiger partial charge in [0, 0.05) is 29.5 Å². The molecule has 19 heteroatoms. The van der Waals surface area contributed by atoms with Gasteiger partial charge in [-0.2, -0.15) is 4.98 Å². The lowest BCUT2D eigenvalue weighted by Crippen LogP contribution is -2.70. The number of amides is 2. The predicted octanol–water partition coefficient (Wildman–Crippen LogP) is 0.479. The summed E-state index contributed by atoms with van der Waals surface area (Å²) in [4.78, 5) is 63.4. The van der Waals surface area contributed by atoms with E-state index in [0.29, 0.717) is 16.5 Å². The van der Waals surface area contributed by atoms with Gasteiger partial charge in [0.25, 0.3) is 17.6 Å². The molecule has 2 aliphatic rings. The quantitative estimate of drug-likeness (QED) is 0.112. The Kier molecular flexibility index (Phi) is 8.60. The zero-order valence-electron chi connectivity index (χ0n) is 20.6. The van der Waals surface area contributed by atoms with Crippen molar-refractivity contribution in [3.05, 3.63) is 28.4 Å². The molecule has 4 N–H and O–H groups in total. The zero-order chi connectivity index (χ0) is 28.3. The molecule has 208 valence electrons. The SMILES string of the molecule is CCOC(=O)c1nc(SCC2=C(OC(=O)O)N3C(=O)[C@@H](NC(=O)/C(=N\OC)c4csc(N)n4)[C@H]3SC2)n(C)n1. The van der Waals surface area contributed by atoms with Gasteiger partial charge in [0.1, 0.15) is 24.2 Å². The fourth-order valence-corrected chi connectivity index (χ4v) is 6.45. The Morgan fingerprint density at radius 3 is 2.77 bits per heavy atom. The normalized spacial score (nSPS) is 18.8. The van der Waals surface area contributed by atoms with Gasteiger partial charge in [0.2, 0.25) is 5.88 Å². The fourth-order valence-electron chi connectivity index (χ4n) is 3.54. The third-order valence-electron chi connectivity index (χ3n) is 5.18. The number of esters is 1. The Bertz CT molecular complexity index is 1370. The van der Waals surface area contributed by atoms with Gasteiger partial charge in [-0.15, -0.1) is 28.2 Å². The number of nitrogens with one attached hydrogen (secondary N) is 1. The number of rotatable bonds is 10. The highest BCUT2D eigenvalue weighted by Gasteiger charge is 2.54. The van der Waals surface area contributed by atoms with E-state index in [4.69, 9.17) is 20.0 Å². The summed E-state index contributed by atoms with van der Waals surface area (Å²) in [6.45, 7) is 1.84. The maximum Gasteiger partial charge on any atom is 0.512 e. The van der Waals surface area contributed by atoms with E-state index in [2.05, 4.69) is 25.5 Å². The molecule has 0 bridgehead atoms. The minimum absolute atomic E-state index is 0.107. The molecular formula is C20H22N8O8S3. The highest BCUT2D eigenvalue weighted by atomic mass is 32.2. The van der Waals surface area contributed by atoms with Crippen molar-refractivity contribution >= 4 is 69.6 Å². The van der Waals surface area contributed by atoms with Crippen LogP contribution in [-0.2, 0) is 30.9 Å². The van der Waals surface area contributed by atoms with Crippen LogP contribution in [0.1, 0.15) is 23.2 Å². The maximum absolute atomic E-state index is 13.1. The van der Waals surface area contributed by atoms with Gasteiger partial charge >= 0.3 is 12.1 Å². The number of anilines is 1. The molecule has 2 atom stereocenters. The van der Waals surface area contributed by atoms with Crippen molar-refractivity contribution in [3.8, 4) is 0 Å². The molecule has 0 saturated carbocycles. The minimum Gasteiger partial charge on any atom is -0.460 e. The number of carboxylic acid groups (broad SMARTS) is 1. The van der Waals surface area contributed by atoms with Gasteiger partial charge < -0.3 is 30.5 Å². The molecule has 2 aliphatic heterocycles. The highest BCUT2D eigenvalue weighted by Crippen LogP contribution is 2.42. The number of aromatic nitrogens is 4. The molecule has 4 heterocycles. The largest absolute Gasteiger partial charge is 0.512 e. The zero-order valence-corrected chi connectivity index (χ0v) is 23.1. The first kappa shape index (κ1) is 28.2. The maximum atomic E-state index is 13.1. The summed E-state index contributed by atoms with van der Waals surface area (Å²) in [7, 11) is 2.86. The Morgan fingerprint density at radius 1 is 1.36 bits per heavy atom. The van der Waals surface area contributed by atoms with Crippen molar-refractivity contribution < 1.29 is 38.6 Å². The minimum atomic E-state index is -1.60. The fraction of sp³-hybridized carbons (Fsp3) is 0.400. The topological polar surface area (TPSA) is 213 Å². The van der Waals surface area contributed by atoms with Crippen LogP contribution in [-0.4, -0.2) is 96.0 Å². The van der Waals surface area contributed by atoms with Crippen LogP contribution in [0.3, 0.4) is 0 Å². The summed E-state index contributed by atoms with van der Waals surface area (Å²) in [6, 6.07) is -0.979. The van der Waals surface area contributed by atoms with Crippen molar-refractivity contribution in [1.29, 1.82) is 0 Å². The number of fused-ring (bicyclic) bond motifs is 1. The third kappa shape index (κ3) is 5.93. The number of carbonyl (C=O) groups is 4. The number of thiazole rings is 1. The number of oxime groups is 1. The Morgan fingerprint density at radius 2 is 2.13 bits per heavy atom. The number of hydrogen-bond acceptors (Lipinski definition) is 15. The number of thioether (sulfide) groups is 2. The number of aryl methyl sites for hydroxylation is 1. The molecule has 1 fully saturated rings. The molecule has 0 aromatic carbocycles. The lowest BCUT2D eigenvalue weighted by atomic mass is 10.1. The highest BCUT2D eigenvalue weighted by molar-refractivity contribution is 8.01. The van der Waals surface area contributed by atoms with Gasteiger partial charge in [0.05, 0.1) is 6.61 Å². The van der Waals surface area contributed by atoms with Crippen LogP contribution in [0.4, 0.5) is 9.93 Å². The van der Waals surface area contributed by atoms with E-state index in [9.17, 15) is 24.3 Å². The monoisotopic (exact) mass is 598 g/mol. The Labute approximate surface area is 232 Å². The molecule has 1 saturated heterocycles. The van der Waals surface area contributed by atoms with Crippen molar-refractivity contribution in [2.45, 2.75) is 23.5 Å². The van der Waals surface area contributed by atoms with Gasteiger partial charge in [0.15, 0.2) is 16.0 Å². The van der Waals surface area contributed by atoms with Crippen LogP contribution in [0.25, 0.3) is 0 Å². The number of carbonyl (C=O) groups excluding carboxylic acids is 3. The predicted molar refractivity (Wildman–Crippen MR) is 139 cm³/mol. The van der Waals surface area contributed by atoms with Crippen LogP contribution in [0.5, 0.6) is 0 Å². The van der Waals surface area contributed by atoms with Crippen LogP contribution >= 0.6 is 34.9 Å².